The fraction of sp³-hybridized carbons (Fsp3) is 0.0667. The number of rotatable bonds is 3. The molecule has 4 heteroatoms. The SMILES string of the molecule is Clc1ccc(C(c2ccccc2)n2cncn2)cc1. The molecular weight excluding hydrogens is 258 g/mol. The molecule has 1 unspecified atom stereocenters. The highest BCUT2D eigenvalue weighted by Gasteiger charge is 2.16. The summed E-state index contributed by atoms with van der Waals surface area (Å²) in [6, 6.07) is 18.0. The molecule has 0 radical (unpaired) electrons. The average molecular weight is 270 g/mol. The van der Waals surface area contributed by atoms with Gasteiger partial charge in [0.2, 0.25) is 0 Å². The molecule has 1 aromatic heterocycles. The Labute approximate surface area is 116 Å². The van der Waals surface area contributed by atoms with Crippen LogP contribution in [0.4, 0.5) is 0 Å². The van der Waals surface area contributed by atoms with Gasteiger partial charge in [-0.2, -0.15) is 5.10 Å². The van der Waals surface area contributed by atoms with E-state index in [1.165, 1.54) is 0 Å². The summed E-state index contributed by atoms with van der Waals surface area (Å²) in [6.07, 6.45) is 3.28. The highest BCUT2D eigenvalue weighted by molar-refractivity contribution is 6.30. The van der Waals surface area contributed by atoms with E-state index in [9.17, 15) is 0 Å². The predicted molar refractivity (Wildman–Crippen MR) is 75.2 cm³/mol. The van der Waals surface area contributed by atoms with Crippen molar-refractivity contribution < 1.29 is 0 Å². The molecular formula is C15H12ClN3. The Balaban J connectivity index is 2.10. The lowest BCUT2D eigenvalue weighted by Crippen LogP contribution is -2.12. The van der Waals surface area contributed by atoms with Gasteiger partial charge >= 0.3 is 0 Å². The predicted octanol–water partition coefficient (Wildman–Crippen LogP) is 3.57. The highest BCUT2D eigenvalue weighted by atomic mass is 35.5. The van der Waals surface area contributed by atoms with Crippen molar-refractivity contribution in [2.24, 2.45) is 0 Å². The third-order valence-corrected chi connectivity index (χ3v) is 3.25. The van der Waals surface area contributed by atoms with E-state index in [1.54, 1.807) is 12.7 Å². The molecule has 0 aliphatic carbocycles. The van der Waals surface area contributed by atoms with Gasteiger partial charge in [0.05, 0.1) is 0 Å². The maximum atomic E-state index is 5.95. The molecule has 19 heavy (non-hydrogen) atoms. The van der Waals surface area contributed by atoms with Gasteiger partial charge in [0.1, 0.15) is 18.7 Å². The van der Waals surface area contributed by atoms with E-state index >= 15 is 0 Å². The van der Waals surface area contributed by atoms with Gasteiger partial charge in [-0.15, -0.1) is 0 Å². The minimum Gasteiger partial charge on any atom is -0.241 e. The van der Waals surface area contributed by atoms with Crippen molar-refractivity contribution in [2.45, 2.75) is 6.04 Å². The third-order valence-electron chi connectivity index (χ3n) is 3.00. The summed E-state index contributed by atoms with van der Waals surface area (Å²) in [6.45, 7) is 0. The summed E-state index contributed by atoms with van der Waals surface area (Å²) in [4.78, 5) is 4.04. The summed E-state index contributed by atoms with van der Waals surface area (Å²) < 4.78 is 1.85. The number of aromatic nitrogens is 3. The molecule has 2 aromatic carbocycles. The minimum absolute atomic E-state index is 0.0148. The molecule has 1 heterocycles. The van der Waals surface area contributed by atoms with Crippen LogP contribution in [0.2, 0.25) is 5.02 Å². The molecule has 3 rings (SSSR count). The lowest BCUT2D eigenvalue weighted by atomic mass is 9.99. The first-order valence-electron chi connectivity index (χ1n) is 5.99. The summed E-state index contributed by atoms with van der Waals surface area (Å²) in [5.41, 5.74) is 2.29. The number of hydrogen-bond acceptors (Lipinski definition) is 2. The van der Waals surface area contributed by atoms with Crippen LogP contribution in [0.3, 0.4) is 0 Å². The van der Waals surface area contributed by atoms with Crippen molar-refractivity contribution in [2.75, 3.05) is 0 Å². The largest absolute Gasteiger partial charge is 0.241 e. The molecule has 0 spiro atoms. The molecule has 0 aliphatic heterocycles. The topological polar surface area (TPSA) is 30.7 Å². The molecule has 0 fully saturated rings. The maximum Gasteiger partial charge on any atom is 0.137 e. The van der Waals surface area contributed by atoms with Crippen molar-refractivity contribution in [1.29, 1.82) is 0 Å². The Kier molecular flexibility index (Phi) is 3.29. The normalized spacial score (nSPS) is 12.3. The van der Waals surface area contributed by atoms with Gasteiger partial charge in [0.15, 0.2) is 0 Å². The summed E-state index contributed by atoms with van der Waals surface area (Å²) in [7, 11) is 0. The first kappa shape index (κ1) is 11.9. The molecule has 0 saturated heterocycles. The highest BCUT2D eigenvalue weighted by Crippen LogP contribution is 2.26. The van der Waals surface area contributed by atoms with Crippen LogP contribution in [-0.2, 0) is 0 Å². The van der Waals surface area contributed by atoms with Crippen molar-refractivity contribution in [3.05, 3.63) is 83.4 Å². The van der Waals surface area contributed by atoms with Crippen LogP contribution in [0.15, 0.2) is 67.3 Å². The van der Waals surface area contributed by atoms with Crippen LogP contribution in [-0.4, -0.2) is 14.8 Å². The molecule has 0 N–H and O–H groups in total. The van der Waals surface area contributed by atoms with Gasteiger partial charge < -0.3 is 0 Å². The first-order valence-corrected chi connectivity index (χ1v) is 6.37. The first-order chi connectivity index (χ1) is 9.34. The quantitative estimate of drug-likeness (QED) is 0.728. The number of halogens is 1. The van der Waals surface area contributed by atoms with Gasteiger partial charge in [-0.1, -0.05) is 54.1 Å². The Bertz CT molecular complexity index is 633. The van der Waals surface area contributed by atoms with Crippen LogP contribution >= 0.6 is 11.6 Å². The second-order valence-electron chi connectivity index (χ2n) is 4.24. The molecule has 1 atom stereocenters. The standard InChI is InChI=1S/C15H12ClN3/c16-14-8-6-13(7-9-14)15(19-11-17-10-18-19)12-4-2-1-3-5-12/h1-11,15H. The average Bonchev–Trinajstić information content (AvgIpc) is 2.96. The minimum atomic E-state index is 0.0148. The van der Waals surface area contributed by atoms with Gasteiger partial charge in [-0.25, -0.2) is 9.67 Å². The van der Waals surface area contributed by atoms with E-state index in [4.69, 9.17) is 11.6 Å². The van der Waals surface area contributed by atoms with E-state index in [0.717, 1.165) is 16.1 Å². The third kappa shape index (κ3) is 2.51. The lowest BCUT2D eigenvalue weighted by molar-refractivity contribution is 0.594. The smallest absolute Gasteiger partial charge is 0.137 e. The molecule has 0 saturated carbocycles. The van der Waals surface area contributed by atoms with E-state index < -0.39 is 0 Å². The molecule has 0 aliphatic rings. The summed E-state index contributed by atoms with van der Waals surface area (Å²) >= 11 is 5.95. The molecule has 0 amide bonds. The Morgan fingerprint density at radius 3 is 2.21 bits per heavy atom. The van der Waals surface area contributed by atoms with Gasteiger partial charge in [-0.05, 0) is 23.3 Å². The van der Waals surface area contributed by atoms with Crippen LogP contribution in [0.5, 0.6) is 0 Å². The zero-order valence-corrected chi connectivity index (χ0v) is 10.9. The van der Waals surface area contributed by atoms with E-state index in [0.29, 0.717) is 0 Å². The lowest BCUT2D eigenvalue weighted by Gasteiger charge is -2.18. The van der Waals surface area contributed by atoms with Crippen LogP contribution in [0, 0.1) is 0 Å². The van der Waals surface area contributed by atoms with Crippen molar-refractivity contribution in [3.8, 4) is 0 Å². The fourth-order valence-corrected chi connectivity index (χ4v) is 2.26. The Hall–Kier alpha value is -2.13. The van der Waals surface area contributed by atoms with Crippen molar-refractivity contribution in [3.63, 3.8) is 0 Å². The second-order valence-corrected chi connectivity index (χ2v) is 4.68. The number of hydrogen-bond donors (Lipinski definition) is 0. The van der Waals surface area contributed by atoms with Crippen LogP contribution < -0.4 is 0 Å². The zero-order valence-electron chi connectivity index (χ0n) is 10.1. The molecule has 3 aromatic rings. The molecule has 94 valence electrons. The van der Waals surface area contributed by atoms with Crippen molar-refractivity contribution >= 4 is 11.6 Å². The van der Waals surface area contributed by atoms with Crippen molar-refractivity contribution in [1.82, 2.24) is 14.8 Å². The Morgan fingerprint density at radius 2 is 1.58 bits per heavy atom. The second kappa shape index (κ2) is 5.24. The fourth-order valence-electron chi connectivity index (χ4n) is 2.13. The number of benzene rings is 2. The Morgan fingerprint density at radius 1 is 0.895 bits per heavy atom. The van der Waals surface area contributed by atoms with Gasteiger partial charge in [0.25, 0.3) is 0 Å². The molecule has 0 bridgehead atoms. The van der Waals surface area contributed by atoms with Crippen LogP contribution in [0.25, 0.3) is 0 Å². The summed E-state index contributed by atoms with van der Waals surface area (Å²) in [5.74, 6) is 0. The van der Waals surface area contributed by atoms with Gasteiger partial charge in [-0.3, -0.25) is 0 Å². The van der Waals surface area contributed by atoms with E-state index in [1.807, 2.05) is 47.1 Å². The zero-order chi connectivity index (χ0) is 13.1. The number of nitrogens with zero attached hydrogens (tertiary/aromatic N) is 3. The molecule has 3 nitrogen and oxygen atoms in total. The van der Waals surface area contributed by atoms with Gasteiger partial charge in [0, 0.05) is 5.02 Å². The maximum absolute atomic E-state index is 5.95. The van der Waals surface area contributed by atoms with E-state index in [2.05, 4.69) is 22.2 Å². The monoisotopic (exact) mass is 269 g/mol. The van der Waals surface area contributed by atoms with Crippen LogP contribution in [0.1, 0.15) is 17.2 Å². The van der Waals surface area contributed by atoms with E-state index in [-0.39, 0.29) is 6.04 Å². The summed E-state index contributed by atoms with van der Waals surface area (Å²) in [5, 5.41) is 5.00.